The van der Waals surface area contributed by atoms with Crippen LogP contribution in [0.15, 0.2) is 0 Å². The van der Waals surface area contributed by atoms with E-state index in [-0.39, 0.29) is 6.03 Å². The van der Waals surface area contributed by atoms with Gasteiger partial charge in [0, 0.05) is 32.7 Å². The van der Waals surface area contributed by atoms with Crippen LogP contribution in [0.25, 0.3) is 0 Å². The van der Waals surface area contributed by atoms with Crippen molar-refractivity contribution < 1.29 is 14.7 Å². The van der Waals surface area contributed by atoms with Crippen molar-refractivity contribution >= 4 is 23.8 Å². The summed E-state index contributed by atoms with van der Waals surface area (Å²) in [6.07, 6.45) is 2.38. The lowest BCUT2D eigenvalue weighted by Crippen LogP contribution is -2.55. The topological polar surface area (TPSA) is 72.9 Å². The summed E-state index contributed by atoms with van der Waals surface area (Å²) in [6.45, 7) is 8.44. The summed E-state index contributed by atoms with van der Waals surface area (Å²) in [6, 6.07) is -1.05. The molecule has 1 heterocycles. The fourth-order valence-corrected chi connectivity index (χ4v) is 2.85. The quantitative estimate of drug-likeness (QED) is 0.737. The van der Waals surface area contributed by atoms with Crippen LogP contribution in [-0.2, 0) is 4.79 Å². The fraction of sp³-hybridized carbons (Fsp3) is 0.857. The normalized spacial score (nSPS) is 17.8. The molecule has 1 aliphatic rings. The molecule has 0 aromatic rings. The van der Waals surface area contributed by atoms with Gasteiger partial charge in [0.25, 0.3) is 0 Å². The number of urea groups is 1. The van der Waals surface area contributed by atoms with Gasteiger partial charge in [0.1, 0.15) is 6.04 Å². The van der Waals surface area contributed by atoms with Crippen molar-refractivity contribution in [2.75, 3.05) is 44.7 Å². The second kappa shape index (κ2) is 9.15. The number of nitrogens with one attached hydrogen (secondary N) is 1. The standard InChI is InChI=1S/C14H27N3O3S/c1-11(2)10-16-5-7-17(8-6-16)14(20)15-12(13(18)19)4-9-21-3/h11-12H,4-10H2,1-3H3,(H,15,20)(H,18,19)/t12-/m0/s1. The van der Waals surface area contributed by atoms with Gasteiger partial charge in [-0.05, 0) is 24.3 Å². The zero-order valence-electron chi connectivity index (χ0n) is 13.2. The van der Waals surface area contributed by atoms with Gasteiger partial charge >= 0.3 is 12.0 Å². The first kappa shape index (κ1) is 18.1. The van der Waals surface area contributed by atoms with E-state index in [1.807, 2.05) is 6.26 Å². The van der Waals surface area contributed by atoms with Crippen molar-refractivity contribution in [3.05, 3.63) is 0 Å². The lowest BCUT2D eigenvalue weighted by atomic mass is 10.2. The SMILES string of the molecule is CSCC[C@H](NC(=O)N1CCN(CC(C)C)CC1)C(=O)O. The summed E-state index contributed by atoms with van der Waals surface area (Å²) >= 11 is 1.58. The van der Waals surface area contributed by atoms with Crippen LogP contribution < -0.4 is 5.32 Å². The number of carboxylic acid groups (broad SMARTS) is 1. The molecule has 0 spiro atoms. The third-order valence-corrected chi connectivity index (χ3v) is 4.13. The van der Waals surface area contributed by atoms with Gasteiger partial charge < -0.3 is 15.3 Å². The summed E-state index contributed by atoms with van der Waals surface area (Å²) in [5, 5.41) is 11.8. The summed E-state index contributed by atoms with van der Waals surface area (Å²) in [5.41, 5.74) is 0. The van der Waals surface area contributed by atoms with Crippen molar-refractivity contribution in [1.29, 1.82) is 0 Å². The minimum Gasteiger partial charge on any atom is -0.480 e. The molecule has 0 unspecified atom stereocenters. The Morgan fingerprint density at radius 1 is 1.24 bits per heavy atom. The highest BCUT2D eigenvalue weighted by Crippen LogP contribution is 2.07. The van der Waals surface area contributed by atoms with Gasteiger partial charge in [0.05, 0.1) is 0 Å². The van der Waals surface area contributed by atoms with Crippen LogP contribution in [0.3, 0.4) is 0 Å². The average Bonchev–Trinajstić information content (AvgIpc) is 2.43. The minimum absolute atomic E-state index is 0.257. The number of piperazine rings is 1. The molecule has 1 rings (SSSR count). The van der Waals surface area contributed by atoms with Crippen LogP contribution in [-0.4, -0.2) is 77.7 Å². The number of hydrogen-bond donors (Lipinski definition) is 2. The van der Waals surface area contributed by atoms with E-state index in [9.17, 15) is 9.59 Å². The Bertz CT molecular complexity index is 344. The number of hydrogen-bond acceptors (Lipinski definition) is 4. The van der Waals surface area contributed by atoms with Crippen LogP contribution in [0.5, 0.6) is 0 Å². The van der Waals surface area contributed by atoms with Crippen molar-refractivity contribution in [2.24, 2.45) is 5.92 Å². The van der Waals surface area contributed by atoms with E-state index < -0.39 is 12.0 Å². The summed E-state index contributed by atoms with van der Waals surface area (Å²) in [5.74, 6) is 0.378. The second-order valence-electron chi connectivity index (χ2n) is 5.80. The number of aliphatic carboxylic acids is 1. The molecule has 0 saturated carbocycles. The van der Waals surface area contributed by atoms with Gasteiger partial charge in [0.15, 0.2) is 0 Å². The predicted molar refractivity (Wildman–Crippen MR) is 85.8 cm³/mol. The van der Waals surface area contributed by atoms with Crippen molar-refractivity contribution in [3.8, 4) is 0 Å². The zero-order valence-corrected chi connectivity index (χ0v) is 14.0. The van der Waals surface area contributed by atoms with Gasteiger partial charge in [-0.3, -0.25) is 4.90 Å². The monoisotopic (exact) mass is 317 g/mol. The van der Waals surface area contributed by atoms with E-state index in [0.29, 0.717) is 25.4 Å². The van der Waals surface area contributed by atoms with Crippen molar-refractivity contribution in [3.63, 3.8) is 0 Å². The highest BCUT2D eigenvalue weighted by molar-refractivity contribution is 7.98. The summed E-state index contributed by atoms with van der Waals surface area (Å²) in [4.78, 5) is 27.3. The van der Waals surface area contributed by atoms with Crippen LogP contribution in [0, 0.1) is 5.92 Å². The maximum Gasteiger partial charge on any atom is 0.326 e. The molecule has 1 aliphatic heterocycles. The highest BCUT2D eigenvalue weighted by atomic mass is 32.2. The Hall–Kier alpha value is -0.950. The van der Waals surface area contributed by atoms with E-state index in [2.05, 4.69) is 24.1 Å². The molecule has 0 aromatic heterocycles. The predicted octanol–water partition coefficient (Wildman–Crippen LogP) is 1.18. The Balaban J connectivity index is 2.40. The third kappa shape index (κ3) is 6.56. The van der Waals surface area contributed by atoms with E-state index in [0.717, 1.165) is 25.4 Å². The number of rotatable bonds is 7. The van der Waals surface area contributed by atoms with E-state index >= 15 is 0 Å². The number of carbonyl (C=O) groups is 2. The van der Waals surface area contributed by atoms with Crippen LogP contribution in [0.2, 0.25) is 0 Å². The van der Waals surface area contributed by atoms with Gasteiger partial charge in [-0.25, -0.2) is 9.59 Å². The number of carboxylic acids is 1. The van der Waals surface area contributed by atoms with Crippen LogP contribution >= 0.6 is 11.8 Å². The maximum atomic E-state index is 12.1. The Morgan fingerprint density at radius 2 is 1.86 bits per heavy atom. The number of carbonyl (C=O) groups excluding carboxylic acids is 1. The van der Waals surface area contributed by atoms with Crippen molar-refractivity contribution in [2.45, 2.75) is 26.3 Å². The lowest BCUT2D eigenvalue weighted by molar-refractivity contribution is -0.139. The molecule has 0 aromatic carbocycles. The molecular weight excluding hydrogens is 290 g/mol. The molecule has 6 nitrogen and oxygen atoms in total. The minimum atomic E-state index is -0.962. The molecular formula is C14H27N3O3S. The summed E-state index contributed by atoms with van der Waals surface area (Å²) < 4.78 is 0. The van der Waals surface area contributed by atoms with E-state index in [4.69, 9.17) is 5.11 Å². The third-order valence-electron chi connectivity index (χ3n) is 3.49. The fourth-order valence-electron chi connectivity index (χ4n) is 2.38. The van der Waals surface area contributed by atoms with Gasteiger partial charge in [-0.15, -0.1) is 0 Å². The molecule has 0 bridgehead atoms. The molecule has 1 saturated heterocycles. The van der Waals surface area contributed by atoms with E-state index in [1.165, 1.54) is 0 Å². The molecule has 122 valence electrons. The van der Waals surface area contributed by atoms with Gasteiger partial charge in [0.2, 0.25) is 0 Å². The van der Waals surface area contributed by atoms with Crippen LogP contribution in [0.4, 0.5) is 4.79 Å². The maximum absolute atomic E-state index is 12.1. The molecule has 2 N–H and O–H groups in total. The van der Waals surface area contributed by atoms with E-state index in [1.54, 1.807) is 16.7 Å². The average molecular weight is 317 g/mol. The number of amides is 2. The van der Waals surface area contributed by atoms with Crippen LogP contribution in [0.1, 0.15) is 20.3 Å². The second-order valence-corrected chi connectivity index (χ2v) is 6.79. The van der Waals surface area contributed by atoms with Crippen molar-refractivity contribution in [1.82, 2.24) is 15.1 Å². The first-order chi connectivity index (χ1) is 9.93. The smallest absolute Gasteiger partial charge is 0.326 e. The Labute approximate surface area is 131 Å². The number of thioether (sulfide) groups is 1. The summed E-state index contributed by atoms with van der Waals surface area (Å²) in [7, 11) is 0. The first-order valence-corrected chi connectivity index (χ1v) is 8.83. The molecule has 0 radical (unpaired) electrons. The highest BCUT2D eigenvalue weighted by Gasteiger charge is 2.25. The molecule has 7 heteroatoms. The largest absolute Gasteiger partial charge is 0.480 e. The molecule has 0 aliphatic carbocycles. The molecule has 1 atom stereocenters. The lowest BCUT2D eigenvalue weighted by Gasteiger charge is -2.35. The zero-order chi connectivity index (χ0) is 15.8. The van der Waals surface area contributed by atoms with Gasteiger partial charge in [-0.2, -0.15) is 11.8 Å². The van der Waals surface area contributed by atoms with Gasteiger partial charge in [-0.1, -0.05) is 13.8 Å². The molecule has 21 heavy (non-hydrogen) atoms. The molecule has 1 fully saturated rings. The molecule has 2 amide bonds. The first-order valence-electron chi connectivity index (χ1n) is 7.43. The Kier molecular flexibility index (Phi) is 7.88. The number of nitrogens with zero attached hydrogens (tertiary/aromatic N) is 2. The Morgan fingerprint density at radius 3 is 2.33 bits per heavy atom.